The Bertz CT molecular complexity index is 873. The standard InChI is InChI=1S/C19H18FN3O2S/c20-14-5-7-15(8-6-14)25-12-18-21-19(23(22-18)9-10-24)17-11-13-3-1-2-4-16(13)26-17/h1-8,17,24H,9-12H2/t17-/m0/s1. The van der Waals surface area contributed by atoms with Crippen LogP contribution in [0, 0.1) is 5.82 Å². The van der Waals surface area contributed by atoms with Crippen LogP contribution in [0.25, 0.3) is 0 Å². The zero-order valence-corrected chi connectivity index (χ0v) is 14.8. The van der Waals surface area contributed by atoms with Crippen molar-refractivity contribution in [3.8, 4) is 5.75 Å². The van der Waals surface area contributed by atoms with Crippen LogP contribution in [0.15, 0.2) is 53.4 Å². The number of hydrogen-bond acceptors (Lipinski definition) is 5. The molecule has 5 nitrogen and oxygen atoms in total. The second-order valence-corrected chi connectivity index (χ2v) is 7.24. The number of halogens is 1. The summed E-state index contributed by atoms with van der Waals surface area (Å²) < 4.78 is 20.4. The van der Waals surface area contributed by atoms with Crippen LogP contribution >= 0.6 is 11.8 Å². The molecule has 0 radical (unpaired) electrons. The molecule has 7 heteroatoms. The van der Waals surface area contributed by atoms with Crippen molar-refractivity contribution in [2.24, 2.45) is 0 Å². The average molecular weight is 371 g/mol. The molecule has 1 aromatic heterocycles. The van der Waals surface area contributed by atoms with Gasteiger partial charge in [0.2, 0.25) is 0 Å². The van der Waals surface area contributed by atoms with Crippen molar-refractivity contribution in [3.05, 3.63) is 71.6 Å². The lowest BCUT2D eigenvalue weighted by atomic mass is 10.1. The summed E-state index contributed by atoms with van der Waals surface area (Å²) in [7, 11) is 0. The number of fused-ring (bicyclic) bond motifs is 1. The first kappa shape index (κ1) is 17.1. The summed E-state index contributed by atoms with van der Waals surface area (Å²) in [5.74, 6) is 1.66. The number of benzene rings is 2. The molecular formula is C19H18FN3O2S. The summed E-state index contributed by atoms with van der Waals surface area (Å²) in [4.78, 5) is 5.91. The van der Waals surface area contributed by atoms with Gasteiger partial charge in [-0.25, -0.2) is 14.1 Å². The normalized spacial score (nSPS) is 15.8. The summed E-state index contributed by atoms with van der Waals surface area (Å²) in [6.07, 6.45) is 0.892. The summed E-state index contributed by atoms with van der Waals surface area (Å²) in [5, 5.41) is 14.0. The molecule has 0 amide bonds. The van der Waals surface area contributed by atoms with E-state index in [1.165, 1.54) is 22.6 Å². The van der Waals surface area contributed by atoms with Crippen LogP contribution in [0.3, 0.4) is 0 Å². The molecule has 0 bridgehead atoms. The monoisotopic (exact) mass is 371 g/mol. The van der Waals surface area contributed by atoms with Crippen LogP contribution in [-0.4, -0.2) is 26.5 Å². The highest BCUT2D eigenvalue weighted by Crippen LogP contribution is 2.45. The van der Waals surface area contributed by atoms with Crippen molar-refractivity contribution in [2.75, 3.05) is 6.61 Å². The molecular weight excluding hydrogens is 353 g/mol. The molecule has 1 atom stereocenters. The molecule has 1 aliphatic heterocycles. The molecule has 26 heavy (non-hydrogen) atoms. The second-order valence-electron chi connectivity index (χ2n) is 5.99. The molecule has 0 saturated heterocycles. The Morgan fingerprint density at radius 3 is 2.77 bits per heavy atom. The van der Waals surface area contributed by atoms with Crippen molar-refractivity contribution in [1.29, 1.82) is 0 Å². The van der Waals surface area contributed by atoms with Gasteiger partial charge in [-0.1, -0.05) is 18.2 Å². The van der Waals surface area contributed by atoms with E-state index in [2.05, 4.69) is 22.2 Å². The van der Waals surface area contributed by atoms with Crippen LogP contribution in [0.5, 0.6) is 5.75 Å². The number of nitrogens with zero attached hydrogens (tertiary/aromatic N) is 3. The average Bonchev–Trinajstić information content (AvgIpc) is 3.25. The quantitative estimate of drug-likeness (QED) is 0.720. The topological polar surface area (TPSA) is 60.2 Å². The highest BCUT2D eigenvalue weighted by atomic mass is 32.2. The van der Waals surface area contributed by atoms with E-state index in [4.69, 9.17) is 4.74 Å². The fourth-order valence-corrected chi connectivity index (χ4v) is 4.28. The first-order chi connectivity index (χ1) is 12.7. The van der Waals surface area contributed by atoms with E-state index >= 15 is 0 Å². The van der Waals surface area contributed by atoms with Gasteiger partial charge in [-0.05, 0) is 42.3 Å². The van der Waals surface area contributed by atoms with Gasteiger partial charge in [0, 0.05) is 4.90 Å². The van der Waals surface area contributed by atoms with Crippen LogP contribution in [0.1, 0.15) is 22.5 Å². The highest BCUT2D eigenvalue weighted by molar-refractivity contribution is 7.99. The van der Waals surface area contributed by atoms with E-state index < -0.39 is 0 Å². The fourth-order valence-electron chi connectivity index (χ4n) is 2.97. The molecule has 0 saturated carbocycles. The van der Waals surface area contributed by atoms with E-state index in [1.807, 2.05) is 12.1 Å². The van der Waals surface area contributed by atoms with E-state index in [0.717, 1.165) is 12.2 Å². The summed E-state index contributed by atoms with van der Waals surface area (Å²) in [5.41, 5.74) is 1.31. The maximum absolute atomic E-state index is 13.0. The molecule has 134 valence electrons. The molecule has 2 aromatic carbocycles. The maximum atomic E-state index is 13.0. The van der Waals surface area contributed by atoms with Crippen LogP contribution < -0.4 is 4.74 Å². The maximum Gasteiger partial charge on any atom is 0.188 e. The lowest BCUT2D eigenvalue weighted by Crippen LogP contribution is -2.11. The predicted molar refractivity (Wildman–Crippen MR) is 96.6 cm³/mol. The minimum Gasteiger partial charge on any atom is -0.486 e. The zero-order valence-electron chi connectivity index (χ0n) is 14.0. The predicted octanol–water partition coefficient (Wildman–Crippen LogP) is 3.38. The van der Waals surface area contributed by atoms with E-state index in [0.29, 0.717) is 18.1 Å². The van der Waals surface area contributed by atoms with Crippen molar-refractivity contribution in [2.45, 2.75) is 29.7 Å². The summed E-state index contributed by atoms with van der Waals surface area (Å²) in [6, 6.07) is 14.2. The van der Waals surface area contributed by atoms with Gasteiger partial charge < -0.3 is 9.84 Å². The van der Waals surface area contributed by atoms with Gasteiger partial charge in [0.15, 0.2) is 5.82 Å². The first-order valence-electron chi connectivity index (χ1n) is 8.40. The molecule has 0 fully saturated rings. The van der Waals surface area contributed by atoms with Gasteiger partial charge in [0.05, 0.1) is 18.4 Å². The smallest absolute Gasteiger partial charge is 0.188 e. The summed E-state index contributed by atoms with van der Waals surface area (Å²) >= 11 is 1.77. The fraction of sp³-hybridized carbons (Fsp3) is 0.263. The van der Waals surface area contributed by atoms with Crippen LogP contribution in [0.2, 0.25) is 0 Å². The molecule has 1 N–H and O–H groups in total. The third kappa shape index (κ3) is 3.59. The minimum absolute atomic E-state index is 0.00104. The number of aromatic nitrogens is 3. The third-order valence-electron chi connectivity index (χ3n) is 4.17. The Balaban J connectivity index is 1.51. The number of rotatable bonds is 6. The van der Waals surface area contributed by atoms with Gasteiger partial charge in [-0.15, -0.1) is 11.8 Å². The Hall–Kier alpha value is -2.38. The molecule has 1 aliphatic rings. The van der Waals surface area contributed by atoms with Gasteiger partial charge in [0.1, 0.15) is 24.0 Å². The van der Waals surface area contributed by atoms with Crippen molar-refractivity contribution in [3.63, 3.8) is 0 Å². The summed E-state index contributed by atoms with van der Waals surface area (Å²) in [6.45, 7) is 0.590. The Kier molecular flexibility index (Phi) is 4.90. The minimum atomic E-state index is -0.303. The molecule has 0 aliphatic carbocycles. The Labute approximate surface area is 154 Å². The van der Waals surface area contributed by atoms with Gasteiger partial charge in [-0.2, -0.15) is 5.10 Å². The lowest BCUT2D eigenvalue weighted by molar-refractivity contribution is 0.264. The third-order valence-corrected chi connectivity index (χ3v) is 5.49. The Morgan fingerprint density at radius 1 is 1.19 bits per heavy atom. The molecule has 3 aromatic rings. The van der Waals surface area contributed by atoms with Crippen LogP contribution in [-0.2, 0) is 19.6 Å². The highest BCUT2D eigenvalue weighted by Gasteiger charge is 2.28. The number of ether oxygens (including phenoxy) is 1. The van der Waals surface area contributed by atoms with E-state index in [1.54, 1.807) is 28.6 Å². The molecule has 0 spiro atoms. The van der Waals surface area contributed by atoms with E-state index in [-0.39, 0.29) is 24.3 Å². The SMILES string of the molecule is OCCn1nc(COc2ccc(F)cc2)nc1[C@@H]1Cc2ccccc2S1. The van der Waals surface area contributed by atoms with Gasteiger partial charge >= 0.3 is 0 Å². The molecule has 2 heterocycles. The first-order valence-corrected chi connectivity index (χ1v) is 9.28. The molecule has 4 rings (SSSR count). The zero-order chi connectivity index (χ0) is 17.9. The number of aliphatic hydroxyl groups excluding tert-OH is 1. The van der Waals surface area contributed by atoms with Crippen LogP contribution in [0.4, 0.5) is 4.39 Å². The lowest BCUT2D eigenvalue weighted by Gasteiger charge is -2.09. The van der Waals surface area contributed by atoms with Gasteiger partial charge in [0.25, 0.3) is 0 Å². The number of thioether (sulfide) groups is 1. The molecule has 0 unspecified atom stereocenters. The van der Waals surface area contributed by atoms with Crippen molar-refractivity contribution in [1.82, 2.24) is 14.8 Å². The van der Waals surface area contributed by atoms with Crippen molar-refractivity contribution >= 4 is 11.8 Å². The largest absolute Gasteiger partial charge is 0.486 e. The second kappa shape index (κ2) is 7.47. The number of hydrogen-bond donors (Lipinski definition) is 1. The number of aliphatic hydroxyl groups is 1. The van der Waals surface area contributed by atoms with Crippen molar-refractivity contribution < 1.29 is 14.2 Å². The van der Waals surface area contributed by atoms with Gasteiger partial charge in [-0.3, -0.25) is 0 Å². The van der Waals surface area contributed by atoms with E-state index in [9.17, 15) is 9.50 Å². The Morgan fingerprint density at radius 2 is 2.00 bits per heavy atom.